The Morgan fingerprint density at radius 2 is 1.73 bits per heavy atom. The number of ether oxygens (including phenoxy) is 2. The summed E-state index contributed by atoms with van der Waals surface area (Å²) in [6.07, 6.45) is 3.73. The van der Waals surface area contributed by atoms with E-state index in [9.17, 15) is 0 Å². The summed E-state index contributed by atoms with van der Waals surface area (Å²) in [7, 11) is -1.87. The van der Waals surface area contributed by atoms with Gasteiger partial charge < -0.3 is 13.9 Å². The van der Waals surface area contributed by atoms with Gasteiger partial charge in [-0.15, -0.1) is 0 Å². The molecule has 1 aromatic rings. The normalized spacial score (nSPS) is 39.2. The fraction of sp³-hybridized carbons (Fsp3) is 0.667. The van der Waals surface area contributed by atoms with Gasteiger partial charge in [0.2, 0.25) is 8.32 Å². The van der Waals surface area contributed by atoms with Gasteiger partial charge in [-0.25, -0.2) is 0 Å². The van der Waals surface area contributed by atoms with Crippen LogP contribution in [0.25, 0.3) is 0 Å². The van der Waals surface area contributed by atoms with Crippen molar-refractivity contribution in [3.05, 3.63) is 30.3 Å². The predicted octanol–water partition coefficient (Wildman–Crippen LogP) is 3.19. The first-order chi connectivity index (χ1) is 10.3. The lowest BCUT2D eigenvalue weighted by molar-refractivity contribution is -0.147. The topological polar surface area (TPSA) is 27.7 Å². The first kappa shape index (κ1) is 14.9. The average molecular weight is 318 g/mol. The van der Waals surface area contributed by atoms with Crippen molar-refractivity contribution in [2.45, 2.75) is 69.8 Å². The smallest absolute Gasteiger partial charge is 0.218 e. The molecule has 0 spiro atoms. The molecule has 4 rings (SSSR count). The zero-order chi connectivity index (χ0) is 15.6. The Kier molecular flexibility index (Phi) is 3.15. The summed E-state index contributed by atoms with van der Waals surface area (Å²) in [4.78, 5) is 0. The van der Waals surface area contributed by atoms with E-state index in [-0.39, 0.29) is 17.8 Å². The van der Waals surface area contributed by atoms with Crippen LogP contribution in [-0.4, -0.2) is 31.9 Å². The Morgan fingerprint density at radius 1 is 1.05 bits per heavy atom. The highest BCUT2D eigenvalue weighted by Gasteiger charge is 2.65. The monoisotopic (exact) mass is 318 g/mol. The van der Waals surface area contributed by atoms with E-state index in [2.05, 4.69) is 43.4 Å². The molecule has 0 N–H and O–H groups in total. The lowest BCUT2D eigenvalue weighted by atomic mass is 9.93. The van der Waals surface area contributed by atoms with Crippen molar-refractivity contribution in [3.8, 4) is 0 Å². The molecule has 3 aliphatic rings. The van der Waals surface area contributed by atoms with Gasteiger partial charge in [0, 0.05) is 6.42 Å². The van der Waals surface area contributed by atoms with Crippen LogP contribution < -0.4 is 5.19 Å². The molecule has 1 aliphatic heterocycles. The summed E-state index contributed by atoms with van der Waals surface area (Å²) in [6, 6.07) is 10.7. The molecule has 1 saturated heterocycles. The zero-order valence-corrected chi connectivity index (χ0v) is 15.0. The molecule has 4 heteroatoms. The van der Waals surface area contributed by atoms with Gasteiger partial charge in [-0.1, -0.05) is 30.3 Å². The standard InChI is InChI=1S/C18H26O3Si/c1-17(2)19-15-10-13-11-18(13,12-16(15)20-17)21-22(3,4)14-8-6-5-7-9-14/h5-9,13,15-16H,10-12H2,1-4H3/t13?,15-,16+,18?/m0/s1. The molecule has 0 amide bonds. The Hall–Kier alpha value is -0.683. The Balaban J connectivity index is 1.51. The van der Waals surface area contributed by atoms with E-state index in [1.54, 1.807) is 0 Å². The molecule has 3 nitrogen and oxygen atoms in total. The van der Waals surface area contributed by atoms with Crippen molar-refractivity contribution in [1.29, 1.82) is 0 Å². The molecule has 4 atom stereocenters. The van der Waals surface area contributed by atoms with Crippen LogP contribution in [0.2, 0.25) is 13.1 Å². The fourth-order valence-corrected chi connectivity index (χ4v) is 6.84. The van der Waals surface area contributed by atoms with Crippen molar-refractivity contribution in [3.63, 3.8) is 0 Å². The van der Waals surface area contributed by atoms with Crippen LogP contribution in [0.1, 0.15) is 33.1 Å². The van der Waals surface area contributed by atoms with Gasteiger partial charge in [-0.3, -0.25) is 0 Å². The van der Waals surface area contributed by atoms with Gasteiger partial charge in [0.05, 0.1) is 17.8 Å². The highest BCUT2D eigenvalue weighted by Crippen LogP contribution is 2.60. The third-order valence-electron chi connectivity index (χ3n) is 5.45. The van der Waals surface area contributed by atoms with Crippen LogP contribution in [0, 0.1) is 5.92 Å². The summed E-state index contributed by atoms with van der Waals surface area (Å²) < 4.78 is 19.0. The highest BCUT2D eigenvalue weighted by molar-refractivity contribution is 6.84. The Bertz CT molecular complexity index is 571. The van der Waals surface area contributed by atoms with Gasteiger partial charge in [0.15, 0.2) is 5.79 Å². The largest absolute Gasteiger partial charge is 0.407 e. The SMILES string of the molecule is CC1(C)O[C@H]2CC3CC3(O[Si](C)(C)c3ccccc3)C[C@H]2O1. The molecular weight excluding hydrogens is 292 g/mol. The molecule has 22 heavy (non-hydrogen) atoms. The second-order valence-electron chi connectivity index (χ2n) is 8.10. The van der Waals surface area contributed by atoms with E-state index in [1.165, 1.54) is 11.6 Å². The maximum absolute atomic E-state index is 6.81. The first-order valence-corrected chi connectivity index (χ1v) is 11.3. The van der Waals surface area contributed by atoms with Crippen LogP contribution in [0.3, 0.4) is 0 Å². The van der Waals surface area contributed by atoms with Crippen molar-refractivity contribution in [1.82, 2.24) is 0 Å². The zero-order valence-electron chi connectivity index (χ0n) is 14.0. The number of rotatable bonds is 3. The summed E-state index contributed by atoms with van der Waals surface area (Å²) >= 11 is 0. The van der Waals surface area contributed by atoms with E-state index >= 15 is 0 Å². The lowest BCUT2D eigenvalue weighted by Gasteiger charge is -2.35. The van der Waals surface area contributed by atoms with Crippen molar-refractivity contribution >= 4 is 13.5 Å². The van der Waals surface area contributed by atoms with Gasteiger partial charge in [0.25, 0.3) is 0 Å². The third-order valence-corrected chi connectivity index (χ3v) is 8.09. The third kappa shape index (κ3) is 2.46. The van der Waals surface area contributed by atoms with Crippen LogP contribution in [-0.2, 0) is 13.9 Å². The highest BCUT2D eigenvalue weighted by atomic mass is 28.4. The molecule has 3 fully saturated rings. The van der Waals surface area contributed by atoms with Crippen LogP contribution >= 0.6 is 0 Å². The molecule has 1 heterocycles. The van der Waals surface area contributed by atoms with Crippen LogP contribution in [0.4, 0.5) is 0 Å². The summed E-state index contributed by atoms with van der Waals surface area (Å²) in [6.45, 7) is 8.67. The van der Waals surface area contributed by atoms with Crippen LogP contribution in [0.15, 0.2) is 30.3 Å². The van der Waals surface area contributed by atoms with E-state index < -0.39 is 14.1 Å². The Labute approximate surface area is 134 Å². The Morgan fingerprint density at radius 3 is 2.45 bits per heavy atom. The summed E-state index contributed by atoms with van der Waals surface area (Å²) in [5, 5.41) is 1.38. The average Bonchev–Trinajstić information content (AvgIpc) is 3.01. The molecule has 2 aliphatic carbocycles. The number of fused-ring (bicyclic) bond motifs is 2. The van der Waals surface area contributed by atoms with Gasteiger partial charge in [-0.05, 0) is 50.9 Å². The minimum absolute atomic E-state index is 0.0521. The second kappa shape index (κ2) is 4.66. The van der Waals surface area contributed by atoms with Crippen LogP contribution in [0.5, 0.6) is 0 Å². The van der Waals surface area contributed by atoms with E-state index in [4.69, 9.17) is 13.9 Å². The minimum atomic E-state index is -1.87. The second-order valence-corrected chi connectivity index (χ2v) is 11.9. The summed E-state index contributed by atoms with van der Waals surface area (Å²) in [5.74, 6) is 0.224. The quantitative estimate of drug-likeness (QED) is 0.801. The number of hydrogen-bond acceptors (Lipinski definition) is 3. The first-order valence-electron chi connectivity index (χ1n) is 8.41. The minimum Gasteiger partial charge on any atom is -0.407 e. The molecular formula is C18H26O3Si. The molecule has 2 saturated carbocycles. The van der Waals surface area contributed by atoms with Crippen molar-refractivity contribution in [2.24, 2.45) is 5.92 Å². The molecule has 2 unspecified atom stereocenters. The lowest BCUT2D eigenvalue weighted by Crippen LogP contribution is -2.51. The van der Waals surface area contributed by atoms with Gasteiger partial charge in [-0.2, -0.15) is 0 Å². The van der Waals surface area contributed by atoms with E-state index in [1.807, 2.05) is 13.8 Å². The number of hydrogen-bond donors (Lipinski definition) is 0. The molecule has 120 valence electrons. The molecule has 0 aromatic heterocycles. The maximum Gasteiger partial charge on any atom is 0.218 e. The number of benzene rings is 1. The van der Waals surface area contributed by atoms with Crippen molar-refractivity contribution in [2.75, 3.05) is 0 Å². The van der Waals surface area contributed by atoms with Gasteiger partial charge >= 0.3 is 0 Å². The predicted molar refractivity (Wildman–Crippen MR) is 88.5 cm³/mol. The fourth-order valence-electron chi connectivity index (χ4n) is 4.38. The summed E-state index contributed by atoms with van der Waals surface area (Å²) in [5.41, 5.74) is 0.0521. The molecule has 0 radical (unpaired) electrons. The maximum atomic E-state index is 6.81. The molecule has 1 aromatic carbocycles. The van der Waals surface area contributed by atoms with E-state index in [0.29, 0.717) is 5.92 Å². The van der Waals surface area contributed by atoms with Crippen molar-refractivity contribution < 1.29 is 13.9 Å². The van der Waals surface area contributed by atoms with E-state index in [0.717, 1.165) is 12.8 Å². The molecule has 0 bridgehead atoms. The van der Waals surface area contributed by atoms with Gasteiger partial charge in [0.1, 0.15) is 0 Å².